The highest BCUT2D eigenvalue weighted by molar-refractivity contribution is 7.26. The maximum Gasteiger partial charge on any atom is 0.165 e. The molecule has 0 atom stereocenters. The molecule has 0 aliphatic rings. The van der Waals surface area contributed by atoms with Gasteiger partial charge >= 0.3 is 0 Å². The number of fused-ring (bicyclic) bond motifs is 7. The number of nitrogens with zero attached hydrogens (tertiary/aromatic N) is 3. The molecule has 4 nitrogen and oxygen atoms in total. The summed E-state index contributed by atoms with van der Waals surface area (Å²) in [5.74, 6) is 1.87. The second kappa shape index (κ2) is 17.3. The molecule has 3 heterocycles. The van der Waals surface area contributed by atoms with Crippen molar-refractivity contribution in [3.63, 3.8) is 0 Å². The summed E-state index contributed by atoms with van der Waals surface area (Å²) in [4.78, 5) is 15.7. The number of rotatable bonds is 8. The summed E-state index contributed by atoms with van der Waals surface area (Å²) >= 11 is 1.78. The highest BCUT2D eigenvalue weighted by Crippen LogP contribution is 2.44. The van der Waals surface area contributed by atoms with E-state index in [-0.39, 0.29) is 0 Å². The zero-order chi connectivity index (χ0) is 47.5. The van der Waals surface area contributed by atoms with Gasteiger partial charge in [0.25, 0.3) is 0 Å². The summed E-state index contributed by atoms with van der Waals surface area (Å²) in [6.07, 6.45) is 0. The van der Waals surface area contributed by atoms with Gasteiger partial charge in [-0.3, -0.25) is 0 Å². The maximum atomic E-state index is 6.87. The van der Waals surface area contributed by atoms with E-state index in [0.717, 1.165) is 104 Å². The van der Waals surface area contributed by atoms with Crippen molar-refractivity contribution in [1.82, 2.24) is 15.0 Å². The molecule has 72 heavy (non-hydrogen) atoms. The van der Waals surface area contributed by atoms with Crippen LogP contribution in [-0.2, 0) is 0 Å². The molecule has 0 aliphatic heterocycles. The first-order valence-corrected chi connectivity index (χ1v) is 25.0. The normalized spacial score (nSPS) is 11.6. The first-order valence-electron chi connectivity index (χ1n) is 24.2. The van der Waals surface area contributed by atoms with Gasteiger partial charge in [-0.1, -0.05) is 194 Å². The monoisotopic (exact) mass is 935 g/mol. The first-order chi connectivity index (χ1) is 35.6. The summed E-state index contributed by atoms with van der Waals surface area (Å²) in [6.45, 7) is 0. The van der Waals surface area contributed by atoms with Gasteiger partial charge < -0.3 is 4.42 Å². The number of thiophene rings is 1. The zero-order valence-electron chi connectivity index (χ0n) is 38.8. The third-order valence-electron chi connectivity index (χ3n) is 13.9. The lowest BCUT2D eigenvalue weighted by Gasteiger charge is -2.14. The van der Waals surface area contributed by atoms with Crippen LogP contribution in [0.5, 0.6) is 0 Å². The molecule has 14 rings (SSSR count). The lowest BCUT2D eigenvalue weighted by molar-refractivity contribution is 0.669. The molecule has 0 unspecified atom stereocenters. The maximum absolute atomic E-state index is 6.87. The molecule has 0 spiro atoms. The minimum absolute atomic E-state index is 0.608. The molecule has 5 heteroatoms. The largest absolute Gasteiger partial charge is 0.456 e. The Morgan fingerprint density at radius 2 is 0.750 bits per heavy atom. The van der Waals surface area contributed by atoms with Crippen LogP contribution in [0.15, 0.2) is 253 Å². The van der Waals surface area contributed by atoms with Gasteiger partial charge in [-0.25, -0.2) is 15.0 Å². The second-order valence-corrected chi connectivity index (χ2v) is 19.4. The molecule has 3 aromatic heterocycles. The summed E-state index contributed by atoms with van der Waals surface area (Å²) < 4.78 is 9.27. The fraction of sp³-hybridized carbons (Fsp3) is 0. The minimum atomic E-state index is 0.608. The van der Waals surface area contributed by atoms with Gasteiger partial charge in [0.2, 0.25) is 0 Å². The van der Waals surface area contributed by atoms with Crippen molar-refractivity contribution in [3.8, 4) is 89.8 Å². The Labute approximate surface area is 419 Å². The van der Waals surface area contributed by atoms with E-state index in [1.807, 2.05) is 6.07 Å². The molecule has 0 amide bonds. The van der Waals surface area contributed by atoms with E-state index in [1.165, 1.54) is 20.9 Å². The smallest absolute Gasteiger partial charge is 0.165 e. The molecular formula is C67H41N3OS. The third-order valence-corrected chi connectivity index (χ3v) is 15.1. The van der Waals surface area contributed by atoms with Crippen LogP contribution in [0.3, 0.4) is 0 Å². The Balaban J connectivity index is 0.938. The van der Waals surface area contributed by atoms with Crippen molar-refractivity contribution in [2.75, 3.05) is 0 Å². The second-order valence-electron chi connectivity index (χ2n) is 18.3. The fourth-order valence-electron chi connectivity index (χ4n) is 10.3. The average molecular weight is 936 g/mol. The number of aromatic nitrogens is 3. The molecule has 336 valence electrons. The standard InChI is InChI=1S/C67H41N3OS/c1-4-15-42(16-5-1)45-27-31-47(32-28-45)65-68-66(70-67(69-65)57-25-14-24-56-55-23-12-13-26-62(55)72-64(56)57)48-33-29-46(30-34-48)58-39-54(41-61-63(58)59-38-49-21-10-11-22-50(49)40-60(59)71-61)53-36-51(43-17-6-2-7-18-43)35-52(37-53)44-19-8-3-9-20-44/h1-41H. The Kier molecular flexibility index (Phi) is 10.0. The molecule has 11 aromatic carbocycles. The van der Waals surface area contributed by atoms with Gasteiger partial charge in [-0.2, -0.15) is 0 Å². The van der Waals surface area contributed by atoms with Crippen molar-refractivity contribution >= 4 is 64.2 Å². The van der Waals surface area contributed by atoms with Crippen molar-refractivity contribution < 1.29 is 4.42 Å². The predicted molar refractivity (Wildman–Crippen MR) is 301 cm³/mol. The fourth-order valence-corrected chi connectivity index (χ4v) is 11.5. The SMILES string of the molecule is c1ccc(-c2ccc(-c3nc(-c4ccc(-c5cc(-c6cc(-c7ccccc7)cc(-c7ccccc7)c6)cc6oc7cc8ccccc8cc7c56)cc4)nc(-c4cccc5c4sc4ccccc45)n3)cc2)cc1. The van der Waals surface area contributed by atoms with Crippen LogP contribution in [-0.4, -0.2) is 15.0 Å². The van der Waals surface area contributed by atoms with Crippen molar-refractivity contribution in [2.24, 2.45) is 0 Å². The number of benzene rings is 11. The Morgan fingerprint density at radius 3 is 1.39 bits per heavy atom. The van der Waals surface area contributed by atoms with E-state index in [9.17, 15) is 0 Å². The van der Waals surface area contributed by atoms with E-state index in [4.69, 9.17) is 19.4 Å². The molecule has 14 aromatic rings. The summed E-state index contributed by atoms with van der Waals surface area (Å²) in [5, 5.41) is 6.91. The van der Waals surface area contributed by atoms with Gasteiger partial charge in [0.05, 0.1) is 0 Å². The average Bonchev–Trinajstić information content (AvgIpc) is 4.03. The Hall–Kier alpha value is -9.29. The van der Waals surface area contributed by atoms with E-state index < -0.39 is 0 Å². The lowest BCUT2D eigenvalue weighted by Crippen LogP contribution is -2.00. The van der Waals surface area contributed by atoms with E-state index in [0.29, 0.717) is 17.5 Å². The number of hydrogen-bond donors (Lipinski definition) is 0. The lowest BCUT2D eigenvalue weighted by atomic mass is 9.90. The molecule has 0 N–H and O–H groups in total. The third kappa shape index (κ3) is 7.43. The van der Waals surface area contributed by atoms with Crippen LogP contribution in [0.2, 0.25) is 0 Å². The topological polar surface area (TPSA) is 51.8 Å². The van der Waals surface area contributed by atoms with Crippen LogP contribution in [0, 0.1) is 0 Å². The quantitative estimate of drug-likeness (QED) is 0.152. The van der Waals surface area contributed by atoms with Crippen molar-refractivity contribution in [1.29, 1.82) is 0 Å². The van der Waals surface area contributed by atoms with Crippen LogP contribution in [0.4, 0.5) is 0 Å². The first kappa shape index (κ1) is 41.7. The highest BCUT2D eigenvalue weighted by Gasteiger charge is 2.20. The predicted octanol–water partition coefficient (Wildman–Crippen LogP) is 18.6. The summed E-state index contributed by atoms with van der Waals surface area (Å²) in [7, 11) is 0. The van der Waals surface area contributed by atoms with Crippen LogP contribution in [0.1, 0.15) is 0 Å². The van der Waals surface area contributed by atoms with Crippen LogP contribution >= 0.6 is 11.3 Å². The van der Waals surface area contributed by atoms with Gasteiger partial charge in [-0.15, -0.1) is 11.3 Å². The Bertz CT molecular complexity index is 4300. The van der Waals surface area contributed by atoms with Gasteiger partial charge in [0.1, 0.15) is 11.2 Å². The zero-order valence-corrected chi connectivity index (χ0v) is 39.6. The minimum Gasteiger partial charge on any atom is -0.456 e. The molecule has 0 radical (unpaired) electrons. The van der Waals surface area contributed by atoms with Gasteiger partial charge in [-0.05, 0) is 121 Å². The summed E-state index contributed by atoms with van der Waals surface area (Å²) in [5.41, 5.74) is 15.8. The van der Waals surface area contributed by atoms with Gasteiger partial charge in [0.15, 0.2) is 17.5 Å². The molecule has 0 saturated heterocycles. The highest BCUT2D eigenvalue weighted by atomic mass is 32.1. The molecule has 0 fully saturated rings. The van der Waals surface area contributed by atoms with E-state index >= 15 is 0 Å². The van der Waals surface area contributed by atoms with E-state index in [2.05, 4.69) is 243 Å². The molecule has 0 bridgehead atoms. The van der Waals surface area contributed by atoms with E-state index in [1.54, 1.807) is 11.3 Å². The number of hydrogen-bond acceptors (Lipinski definition) is 5. The Morgan fingerprint density at radius 1 is 0.278 bits per heavy atom. The molecule has 0 saturated carbocycles. The number of furan rings is 1. The summed E-state index contributed by atoms with van der Waals surface area (Å²) in [6, 6.07) is 88.3. The van der Waals surface area contributed by atoms with Gasteiger partial charge in [0, 0.05) is 47.6 Å². The van der Waals surface area contributed by atoms with Crippen LogP contribution < -0.4 is 0 Å². The molecule has 0 aliphatic carbocycles. The van der Waals surface area contributed by atoms with Crippen LogP contribution in [0.25, 0.3) is 143 Å². The van der Waals surface area contributed by atoms with Crippen molar-refractivity contribution in [2.45, 2.75) is 0 Å². The molecular weight excluding hydrogens is 895 g/mol. The van der Waals surface area contributed by atoms with Crippen molar-refractivity contribution in [3.05, 3.63) is 249 Å².